The predicted octanol–water partition coefficient (Wildman–Crippen LogP) is 3.64. The van der Waals surface area contributed by atoms with Crippen molar-refractivity contribution in [2.24, 2.45) is 0 Å². The lowest BCUT2D eigenvalue weighted by Crippen LogP contribution is -2.14. The normalized spacial score (nSPS) is 10.1. The summed E-state index contributed by atoms with van der Waals surface area (Å²) in [5.74, 6) is 0. The predicted molar refractivity (Wildman–Crippen MR) is 77.4 cm³/mol. The van der Waals surface area contributed by atoms with Crippen molar-refractivity contribution in [1.82, 2.24) is 4.98 Å². The summed E-state index contributed by atoms with van der Waals surface area (Å²) in [6.45, 7) is 9.37. The van der Waals surface area contributed by atoms with E-state index in [0.717, 1.165) is 16.7 Å². The van der Waals surface area contributed by atoms with Crippen LogP contribution < -0.4 is 5.56 Å². The van der Waals surface area contributed by atoms with Gasteiger partial charge in [-0.05, 0) is 24.1 Å². The summed E-state index contributed by atoms with van der Waals surface area (Å²) >= 11 is 0. The molecule has 1 aromatic heterocycles. The van der Waals surface area contributed by atoms with E-state index in [9.17, 15) is 4.79 Å². The second-order valence-electron chi connectivity index (χ2n) is 4.06. The maximum absolute atomic E-state index is 11.9. The monoisotopic (exact) mass is 237 g/mol. The first kappa shape index (κ1) is 12.1. The van der Waals surface area contributed by atoms with Gasteiger partial charge in [-0.25, -0.2) is 0 Å². The number of benzene rings is 1. The highest BCUT2D eigenvalue weighted by Crippen LogP contribution is 2.28. The molecule has 0 saturated heterocycles. The largest absolute Gasteiger partial charge is 0.322 e. The van der Waals surface area contributed by atoms with Crippen LogP contribution in [0.4, 0.5) is 0 Å². The van der Waals surface area contributed by atoms with Crippen molar-refractivity contribution in [3.63, 3.8) is 0 Å². The van der Waals surface area contributed by atoms with Crippen LogP contribution in [0.1, 0.15) is 16.8 Å². The zero-order valence-electron chi connectivity index (χ0n) is 10.4. The number of H-pyrrole nitrogens is 1. The van der Waals surface area contributed by atoms with Gasteiger partial charge in [0.1, 0.15) is 0 Å². The Labute approximate surface area is 106 Å². The molecular weight excluding hydrogens is 222 g/mol. The molecule has 0 aliphatic heterocycles. The van der Waals surface area contributed by atoms with Crippen molar-refractivity contribution in [2.45, 2.75) is 6.92 Å². The highest BCUT2D eigenvalue weighted by atomic mass is 16.1. The van der Waals surface area contributed by atoms with E-state index in [4.69, 9.17) is 0 Å². The second kappa shape index (κ2) is 4.88. The molecule has 1 heterocycles. The van der Waals surface area contributed by atoms with Crippen LogP contribution in [-0.4, -0.2) is 4.98 Å². The van der Waals surface area contributed by atoms with Gasteiger partial charge in [0.2, 0.25) is 0 Å². The molecule has 18 heavy (non-hydrogen) atoms. The molecule has 1 N–H and O–H groups in total. The molecule has 2 aromatic rings. The standard InChI is InChI=1S/C16H15NO/c1-4-13-14(5-2)17-16(18)11(3)15(13)12-9-7-6-8-10-12/h4-10H,1-2H2,3H3,(H,17,18). The Morgan fingerprint density at radius 2 is 1.78 bits per heavy atom. The second-order valence-corrected chi connectivity index (χ2v) is 4.06. The van der Waals surface area contributed by atoms with Gasteiger partial charge in [0.25, 0.3) is 5.56 Å². The fourth-order valence-corrected chi connectivity index (χ4v) is 2.08. The molecule has 0 amide bonds. The topological polar surface area (TPSA) is 32.9 Å². The van der Waals surface area contributed by atoms with E-state index < -0.39 is 0 Å². The van der Waals surface area contributed by atoms with Crippen LogP contribution in [0.25, 0.3) is 23.3 Å². The van der Waals surface area contributed by atoms with E-state index in [1.54, 1.807) is 12.2 Å². The molecule has 1 aromatic carbocycles. The van der Waals surface area contributed by atoms with E-state index in [-0.39, 0.29) is 5.56 Å². The van der Waals surface area contributed by atoms with Crippen molar-refractivity contribution in [3.05, 3.63) is 70.7 Å². The SMILES string of the molecule is C=Cc1[nH]c(=O)c(C)c(-c2ccccc2)c1C=C. The first-order chi connectivity index (χ1) is 8.69. The summed E-state index contributed by atoms with van der Waals surface area (Å²) in [6, 6.07) is 9.84. The minimum absolute atomic E-state index is 0.0886. The quantitative estimate of drug-likeness (QED) is 0.868. The molecule has 0 radical (unpaired) electrons. The number of pyridine rings is 1. The van der Waals surface area contributed by atoms with Crippen LogP contribution in [0.5, 0.6) is 0 Å². The van der Waals surface area contributed by atoms with E-state index in [0.29, 0.717) is 11.3 Å². The Morgan fingerprint density at radius 1 is 1.11 bits per heavy atom. The molecule has 0 fully saturated rings. The summed E-state index contributed by atoms with van der Waals surface area (Å²) in [4.78, 5) is 14.7. The van der Waals surface area contributed by atoms with Gasteiger partial charge in [-0.15, -0.1) is 0 Å². The number of nitrogens with one attached hydrogen (secondary N) is 1. The number of hydrogen-bond acceptors (Lipinski definition) is 1. The zero-order chi connectivity index (χ0) is 13.1. The van der Waals surface area contributed by atoms with Crippen molar-refractivity contribution in [3.8, 4) is 11.1 Å². The van der Waals surface area contributed by atoms with Crippen LogP contribution >= 0.6 is 0 Å². The molecule has 0 saturated carbocycles. The third-order valence-corrected chi connectivity index (χ3v) is 2.99. The molecule has 0 aliphatic carbocycles. The van der Waals surface area contributed by atoms with Gasteiger partial charge >= 0.3 is 0 Å². The zero-order valence-corrected chi connectivity index (χ0v) is 10.4. The lowest BCUT2D eigenvalue weighted by molar-refractivity contribution is 1.16. The third kappa shape index (κ3) is 1.93. The number of rotatable bonds is 3. The summed E-state index contributed by atoms with van der Waals surface area (Å²) < 4.78 is 0. The molecule has 90 valence electrons. The molecule has 2 rings (SSSR count). The van der Waals surface area contributed by atoms with Gasteiger partial charge in [-0.2, -0.15) is 0 Å². The average Bonchev–Trinajstić information content (AvgIpc) is 2.42. The summed E-state index contributed by atoms with van der Waals surface area (Å²) in [6.07, 6.45) is 3.40. The summed E-state index contributed by atoms with van der Waals surface area (Å²) in [5, 5.41) is 0. The fourth-order valence-electron chi connectivity index (χ4n) is 2.08. The molecule has 2 heteroatoms. The lowest BCUT2D eigenvalue weighted by Gasteiger charge is -2.12. The number of aromatic amines is 1. The van der Waals surface area contributed by atoms with Gasteiger partial charge in [0.15, 0.2) is 0 Å². The van der Waals surface area contributed by atoms with Gasteiger partial charge in [-0.3, -0.25) is 4.79 Å². The highest BCUT2D eigenvalue weighted by Gasteiger charge is 2.12. The van der Waals surface area contributed by atoms with Gasteiger partial charge < -0.3 is 4.98 Å². The Hall–Kier alpha value is -2.35. The summed E-state index contributed by atoms with van der Waals surface area (Å²) in [5.41, 5.74) is 4.16. The summed E-state index contributed by atoms with van der Waals surface area (Å²) in [7, 11) is 0. The van der Waals surface area contributed by atoms with Gasteiger partial charge in [-0.1, -0.05) is 49.6 Å². The Bertz CT molecular complexity index is 651. The molecule has 0 spiro atoms. The molecule has 2 nitrogen and oxygen atoms in total. The minimum Gasteiger partial charge on any atom is -0.322 e. The number of aromatic nitrogens is 1. The average molecular weight is 237 g/mol. The maximum Gasteiger partial charge on any atom is 0.251 e. The van der Waals surface area contributed by atoms with E-state index in [1.165, 1.54) is 0 Å². The fraction of sp³-hybridized carbons (Fsp3) is 0.0625. The molecule has 0 unspecified atom stereocenters. The molecular formula is C16H15NO. The first-order valence-corrected chi connectivity index (χ1v) is 5.76. The van der Waals surface area contributed by atoms with Gasteiger partial charge in [0, 0.05) is 16.8 Å². The third-order valence-electron chi connectivity index (χ3n) is 2.99. The van der Waals surface area contributed by atoms with Crippen LogP contribution in [-0.2, 0) is 0 Å². The van der Waals surface area contributed by atoms with Crippen molar-refractivity contribution in [2.75, 3.05) is 0 Å². The lowest BCUT2D eigenvalue weighted by atomic mass is 9.95. The number of hydrogen-bond donors (Lipinski definition) is 1. The Balaban J connectivity index is 2.88. The molecule has 0 aliphatic rings. The van der Waals surface area contributed by atoms with E-state index >= 15 is 0 Å². The Morgan fingerprint density at radius 3 is 2.33 bits per heavy atom. The smallest absolute Gasteiger partial charge is 0.251 e. The van der Waals surface area contributed by atoms with E-state index in [1.807, 2.05) is 37.3 Å². The highest BCUT2D eigenvalue weighted by molar-refractivity contribution is 5.81. The molecule has 0 atom stereocenters. The van der Waals surface area contributed by atoms with Gasteiger partial charge in [0.05, 0.1) is 0 Å². The minimum atomic E-state index is -0.0886. The van der Waals surface area contributed by atoms with Crippen LogP contribution in [0, 0.1) is 6.92 Å². The van der Waals surface area contributed by atoms with Crippen LogP contribution in [0.3, 0.4) is 0 Å². The van der Waals surface area contributed by atoms with Crippen LogP contribution in [0.2, 0.25) is 0 Å². The first-order valence-electron chi connectivity index (χ1n) is 5.76. The van der Waals surface area contributed by atoms with Crippen molar-refractivity contribution in [1.29, 1.82) is 0 Å². The molecule has 0 bridgehead atoms. The van der Waals surface area contributed by atoms with Crippen molar-refractivity contribution >= 4 is 12.2 Å². The Kier molecular flexibility index (Phi) is 3.28. The van der Waals surface area contributed by atoms with E-state index in [2.05, 4.69) is 18.1 Å². The van der Waals surface area contributed by atoms with Crippen LogP contribution in [0.15, 0.2) is 48.3 Å². The maximum atomic E-state index is 11.9. The van der Waals surface area contributed by atoms with Crippen molar-refractivity contribution < 1.29 is 0 Å².